The Morgan fingerprint density at radius 2 is 1.73 bits per heavy atom. The van der Waals surface area contributed by atoms with Gasteiger partial charge in [-0.25, -0.2) is 8.78 Å². The molecule has 0 atom stereocenters. The van der Waals surface area contributed by atoms with Crippen molar-refractivity contribution in [1.82, 2.24) is 4.90 Å². The molecule has 4 heteroatoms. The molecular weight excluding hydrogens is 282 g/mol. The van der Waals surface area contributed by atoms with Crippen molar-refractivity contribution in [3.63, 3.8) is 0 Å². The van der Waals surface area contributed by atoms with Crippen molar-refractivity contribution in [2.24, 2.45) is 0 Å². The van der Waals surface area contributed by atoms with E-state index in [1.54, 1.807) is 0 Å². The maximum Gasteiger partial charge on any atom is 0.126 e. The van der Waals surface area contributed by atoms with Crippen LogP contribution in [0.25, 0.3) is 0 Å². The lowest BCUT2D eigenvalue weighted by Crippen LogP contribution is -2.44. The van der Waals surface area contributed by atoms with Crippen molar-refractivity contribution >= 4 is 5.69 Å². The molecule has 2 aromatic carbocycles. The quantitative estimate of drug-likeness (QED) is 0.859. The zero-order valence-electron chi connectivity index (χ0n) is 12.6. The number of anilines is 1. The molecule has 1 saturated heterocycles. The molecule has 115 valence electrons. The van der Waals surface area contributed by atoms with E-state index >= 15 is 0 Å². The van der Waals surface area contributed by atoms with E-state index in [1.165, 1.54) is 12.1 Å². The van der Waals surface area contributed by atoms with E-state index in [4.69, 9.17) is 0 Å². The largest absolute Gasteiger partial charge is 0.368 e. The summed E-state index contributed by atoms with van der Waals surface area (Å²) in [5.74, 6) is -1.06. The summed E-state index contributed by atoms with van der Waals surface area (Å²) in [5.41, 5.74) is 2.74. The molecule has 0 N–H and O–H groups in total. The summed E-state index contributed by atoms with van der Waals surface area (Å²) in [6, 6.07) is 12.8. The number of para-hydroxylation sites is 1. The van der Waals surface area contributed by atoms with Crippen LogP contribution < -0.4 is 4.90 Å². The SMILES string of the molecule is CN1CCN(c2[c]cccc2Cc2cc(F)cc(F)c2)CC1. The molecular formula is C18H19F2N2. The van der Waals surface area contributed by atoms with Gasteiger partial charge in [-0.05, 0) is 36.7 Å². The van der Waals surface area contributed by atoms with Gasteiger partial charge in [-0.3, -0.25) is 0 Å². The van der Waals surface area contributed by atoms with E-state index in [-0.39, 0.29) is 0 Å². The van der Waals surface area contributed by atoms with Crippen LogP contribution in [0.5, 0.6) is 0 Å². The lowest BCUT2D eigenvalue weighted by Gasteiger charge is -2.35. The molecule has 2 nitrogen and oxygen atoms in total. The number of benzene rings is 2. The van der Waals surface area contributed by atoms with Crippen LogP contribution in [0, 0.1) is 17.7 Å². The molecule has 0 spiro atoms. The molecule has 0 unspecified atom stereocenters. The van der Waals surface area contributed by atoms with E-state index in [2.05, 4.69) is 22.9 Å². The Labute approximate surface area is 130 Å². The highest BCUT2D eigenvalue weighted by Gasteiger charge is 2.17. The molecule has 1 radical (unpaired) electrons. The van der Waals surface area contributed by atoms with Gasteiger partial charge in [0.05, 0.1) is 0 Å². The van der Waals surface area contributed by atoms with Crippen molar-refractivity contribution < 1.29 is 8.78 Å². The predicted molar refractivity (Wildman–Crippen MR) is 84.2 cm³/mol. The summed E-state index contributed by atoms with van der Waals surface area (Å²) in [6.45, 7) is 3.91. The zero-order chi connectivity index (χ0) is 15.5. The van der Waals surface area contributed by atoms with Gasteiger partial charge in [0, 0.05) is 44.0 Å². The lowest BCUT2D eigenvalue weighted by molar-refractivity contribution is 0.312. The first-order valence-corrected chi connectivity index (χ1v) is 7.50. The predicted octanol–water partition coefficient (Wildman–Crippen LogP) is 3.11. The fourth-order valence-electron chi connectivity index (χ4n) is 2.86. The van der Waals surface area contributed by atoms with Gasteiger partial charge >= 0.3 is 0 Å². The number of halogens is 2. The average molecular weight is 301 g/mol. The molecule has 0 aliphatic carbocycles. The number of piperazine rings is 1. The van der Waals surface area contributed by atoms with Crippen LogP contribution in [-0.2, 0) is 6.42 Å². The second-order valence-corrected chi connectivity index (χ2v) is 5.79. The Kier molecular flexibility index (Phi) is 4.39. The van der Waals surface area contributed by atoms with Crippen molar-refractivity contribution in [3.8, 4) is 0 Å². The molecule has 1 heterocycles. The topological polar surface area (TPSA) is 6.48 Å². The van der Waals surface area contributed by atoms with Crippen LogP contribution in [0.2, 0.25) is 0 Å². The minimum atomic E-state index is -0.531. The molecule has 0 amide bonds. The lowest BCUT2D eigenvalue weighted by atomic mass is 10.0. The second kappa shape index (κ2) is 6.44. The third kappa shape index (κ3) is 3.45. The second-order valence-electron chi connectivity index (χ2n) is 5.79. The normalized spacial score (nSPS) is 16.0. The fourth-order valence-corrected chi connectivity index (χ4v) is 2.86. The van der Waals surface area contributed by atoms with E-state index < -0.39 is 11.6 Å². The highest BCUT2D eigenvalue weighted by Crippen LogP contribution is 2.24. The Bertz CT molecular complexity index is 629. The van der Waals surface area contributed by atoms with Gasteiger partial charge in [-0.1, -0.05) is 18.2 Å². The van der Waals surface area contributed by atoms with Crippen LogP contribution in [0.3, 0.4) is 0 Å². The molecule has 2 aromatic rings. The monoisotopic (exact) mass is 301 g/mol. The summed E-state index contributed by atoms with van der Waals surface area (Å²) in [5, 5.41) is 0. The summed E-state index contributed by atoms with van der Waals surface area (Å²) in [6.07, 6.45) is 0.508. The smallest absolute Gasteiger partial charge is 0.126 e. The Morgan fingerprint density at radius 3 is 2.41 bits per heavy atom. The number of likely N-dealkylation sites (N-methyl/N-ethyl adjacent to an activating group) is 1. The molecule has 0 saturated carbocycles. The summed E-state index contributed by atoms with van der Waals surface area (Å²) < 4.78 is 26.7. The van der Waals surface area contributed by atoms with Gasteiger partial charge in [0.15, 0.2) is 0 Å². The molecule has 1 aliphatic rings. The highest BCUT2D eigenvalue weighted by atomic mass is 19.1. The van der Waals surface area contributed by atoms with E-state index in [9.17, 15) is 8.78 Å². The molecule has 1 fully saturated rings. The molecule has 3 rings (SSSR count). The molecule has 1 aliphatic heterocycles. The van der Waals surface area contributed by atoms with E-state index in [0.29, 0.717) is 12.0 Å². The van der Waals surface area contributed by atoms with Gasteiger partial charge < -0.3 is 9.80 Å². The standard InChI is InChI=1S/C18H19F2N2/c1-21-6-8-22(9-7-21)18-5-3-2-4-15(18)10-14-11-16(19)13-17(20)12-14/h2-4,11-13H,6-10H2,1H3. The van der Waals surface area contributed by atoms with E-state index in [1.807, 2.05) is 18.2 Å². The summed E-state index contributed by atoms with van der Waals surface area (Å²) >= 11 is 0. The number of nitrogens with zero attached hydrogens (tertiary/aromatic N) is 2. The van der Waals surface area contributed by atoms with Crippen LogP contribution >= 0.6 is 0 Å². The van der Waals surface area contributed by atoms with Gasteiger partial charge in [-0.15, -0.1) is 0 Å². The van der Waals surface area contributed by atoms with Crippen molar-refractivity contribution in [2.45, 2.75) is 6.42 Å². The maximum absolute atomic E-state index is 13.4. The Morgan fingerprint density at radius 1 is 1.05 bits per heavy atom. The summed E-state index contributed by atoms with van der Waals surface area (Å²) in [7, 11) is 2.11. The molecule has 0 bridgehead atoms. The van der Waals surface area contributed by atoms with Crippen molar-refractivity contribution in [1.29, 1.82) is 0 Å². The maximum atomic E-state index is 13.4. The Hall–Kier alpha value is -1.94. The number of hydrogen-bond acceptors (Lipinski definition) is 2. The first-order valence-electron chi connectivity index (χ1n) is 7.50. The van der Waals surface area contributed by atoms with Gasteiger partial charge in [0.25, 0.3) is 0 Å². The third-order valence-corrected chi connectivity index (χ3v) is 4.05. The van der Waals surface area contributed by atoms with Crippen molar-refractivity contribution in [2.75, 3.05) is 38.1 Å². The minimum Gasteiger partial charge on any atom is -0.368 e. The van der Waals surface area contributed by atoms with Gasteiger partial charge in [0.2, 0.25) is 0 Å². The van der Waals surface area contributed by atoms with Crippen molar-refractivity contribution in [3.05, 3.63) is 65.2 Å². The van der Waals surface area contributed by atoms with Crippen LogP contribution in [-0.4, -0.2) is 38.1 Å². The first-order chi connectivity index (χ1) is 10.6. The number of rotatable bonds is 3. The van der Waals surface area contributed by atoms with Crippen LogP contribution in [0.1, 0.15) is 11.1 Å². The molecule has 22 heavy (non-hydrogen) atoms. The minimum absolute atomic E-state index is 0.508. The van der Waals surface area contributed by atoms with E-state index in [0.717, 1.165) is 43.5 Å². The summed E-state index contributed by atoms with van der Waals surface area (Å²) in [4.78, 5) is 4.59. The molecule has 0 aromatic heterocycles. The van der Waals surface area contributed by atoms with Crippen LogP contribution in [0.4, 0.5) is 14.5 Å². The third-order valence-electron chi connectivity index (χ3n) is 4.05. The average Bonchev–Trinajstić information content (AvgIpc) is 2.48. The van der Waals surface area contributed by atoms with Gasteiger partial charge in [-0.2, -0.15) is 0 Å². The fraction of sp³-hybridized carbons (Fsp3) is 0.333. The number of hydrogen-bond donors (Lipinski definition) is 0. The van der Waals surface area contributed by atoms with Gasteiger partial charge in [0.1, 0.15) is 11.6 Å². The van der Waals surface area contributed by atoms with Crippen LogP contribution in [0.15, 0.2) is 36.4 Å². The highest BCUT2D eigenvalue weighted by molar-refractivity contribution is 5.54. The zero-order valence-corrected chi connectivity index (χ0v) is 12.6. The Balaban J connectivity index is 1.85. The first kappa shape index (κ1) is 15.0.